The second-order valence-corrected chi connectivity index (χ2v) is 7.24. The van der Waals surface area contributed by atoms with Crippen LogP contribution >= 0.6 is 22.9 Å². The molecule has 6 heteroatoms. The average molecular weight is 407 g/mol. The highest BCUT2D eigenvalue weighted by Crippen LogP contribution is 2.28. The number of carbonyl (C=O) groups excluding carboxylic acids is 1. The van der Waals surface area contributed by atoms with Gasteiger partial charge in [-0.15, -0.1) is 11.3 Å². The van der Waals surface area contributed by atoms with Crippen LogP contribution in [0.1, 0.15) is 10.4 Å². The van der Waals surface area contributed by atoms with Gasteiger partial charge in [0.15, 0.2) is 5.13 Å². The quantitative estimate of drug-likeness (QED) is 0.411. The van der Waals surface area contributed by atoms with Crippen LogP contribution in [0.25, 0.3) is 11.3 Å². The molecular formula is C22H15ClN2O2S. The SMILES string of the molecule is O=C(Nc1nc(-c2ccc(Oc3ccccc3)cc2)cs1)c1cccc(Cl)c1. The number of hydrogen-bond acceptors (Lipinski definition) is 4. The molecule has 4 rings (SSSR count). The number of ether oxygens (including phenoxy) is 1. The summed E-state index contributed by atoms with van der Waals surface area (Å²) in [6.07, 6.45) is 0. The van der Waals surface area contributed by atoms with Crippen molar-refractivity contribution < 1.29 is 9.53 Å². The third-order valence-electron chi connectivity index (χ3n) is 3.94. The van der Waals surface area contributed by atoms with Gasteiger partial charge >= 0.3 is 0 Å². The molecule has 3 aromatic carbocycles. The van der Waals surface area contributed by atoms with Crippen molar-refractivity contribution in [2.45, 2.75) is 0 Å². The molecule has 0 aliphatic rings. The monoisotopic (exact) mass is 406 g/mol. The summed E-state index contributed by atoms with van der Waals surface area (Å²) in [4.78, 5) is 16.8. The Morgan fingerprint density at radius 1 is 0.929 bits per heavy atom. The minimum absolute atomic E-state index is 0.241. The van der Waals surface area contributed by atoms with Gasteiger partial charge in [0.1, 0.15) is 11.5 Å². The van der Waals surface area contributed by atoms with E-state index in [-0.39, 0.29) is 5.91 Å². The number of amides is 1. The molecule has 0 aliphatic heterocycles. The third-order valence-corrected chi connectivity index (χ3v) is 4.93. The highest BCUT2D eigenvalue weighted by Gasteiger charge is 2.10. The Kier molecular flexibility index (Phi) is 5.37. The Labute approximate surface area is 171 Å². The predicted molar refractivity (Wildman–Crippen MR) is 113 cm³/mol. The second kappa shape index (κ2) is 8.25. The molecule has 0 unspecified atom stereocenters. The van der Waals surface area contributed by atoms with E-state index in [2.05, 4.69) is 10.3 Å². The summed E-state index contributed by atoms with van der Waals surface area (Å²) < 4.78 is 5.80. The van der Waals surface area contributed by atoms with Gasteiger partial charge in [0.25, 0.3) is 5.91 Å². The van der Waals surface area contributed by atoms with Crippen molar-refractivity contribution in [3.05, 3.63) is 94.8 Å². The molecule has 0 saturated heterocycles. The van der Waals surface area contributed by atoms with E-state index in [1.165, 1.54) is 11.3 Å². The summed E-state index contributed by atoms with van der Waals surface area (Å²) in [5, 5.41) is 5.76. The summed E-state index contributed by atoms with van der Waals surface area (Å²) in [5.41, 5.74) is 2.23. The van der Waals surface area contributed by atoms with E-state index in [9.17, 15) is 4.79 Å². The van der Waals surface area contributed by atoms with Crippen molar-refractivity contribution in [3.8, 4) is 22.8 Å². The number of aromatic nitrogens is 1. The number of anilines is 1. The Bertz CT molecular complexity index is 1090. The molecule has 0 bridgehead atoms. The molecule has 0 saturated carbocycles. The lowest BCUT2D eigenvalue weighted by molar-refractivity contribution is 0.102. The molecule has 138 valence electrons. The fourth-order valence-corrected chi connectivity index (χ4v) is 3.49. The Morgan fingerprint density at radius 2 is 1.68 bits per heavy atom. The average Bonchev–Trinajstić information content (AvgIpc) is 3.18. The fourth-order valence-electron chi connectivity index (χ4n) is 2.58. The van der Waals surface area contributed by atoms with Gasteiger partial charge in [0, 0.05) is 21.5 Å². The summed E-state index contributed by atoms with van der Waals surface area (Å²) >= 11 is 7.31. The van der Waals surface area contributed by atoms with E-state index in [0.29, 0.717) is 15.7 Å². The van der Waals surface area contributed by atoms with Crippen LogP contribution in [0.3, 0.4) is 0 Å². The highest BCUT2D eigenvalue weighted by atomic mass is 35.5. The van der Waals surface area contributed by atoms with E-state index < -0.39 is 0 Å². The Hall–Kier alpha value is -3.15. The molecule has 4 aromatic rings. The Morgan fingerprint density at radius 3 is 2.43 bits per heavy atom. The maximum absolute atomic E-state index is 12.3. The van der Waals surface area contributed by atoms with Crippen LogP contribution in [0.4, 0.5) is 5.13 Å². The van der Waals surface area contributed by atoms with Crippen molar-refractivity contribution in [2.75, 3.05) is 5.32 Å². The lowest BCUT2D eigenvalue weighted by atomic mass is 10.2. The third kappa shape index (κ3) is 4.39. The fraction of sp³-hybridized carbons (Fsp3) is 0. The molecule has 1 heterocycles. The minimum Gasteiger partial charge on any atom is -0.457 e. The molecule has 0 atom stereocenters. The number of benzene rings is 3. The molecule has 1 aromatic heterocycles. The normalized spacial score (nSPS) is 10.5. The maximum Gasteiger partial charge on any atom is 0.257 e. The molecule has 0 aliphatic carbocycles. The number of nitrogens with one attached hydrogen (secondary N) is 1. The standard InChI is InChI=1S/C22H15ClN2O2S/c23-17-6-4-5-16(13-17)21(26)25-22-24-20(14-28-22)15-9-11-19(12-10-15)27-18-7-2-1-3-8-18/h1-14H,(H,24,25,26). The number of halogens is 1. The number of carbonyl (C=O) groups is 1. The zero-order chi connectivity index (χ0) is 19.3. The van der Waals surface area contributed by atoms with E-state index in [1.807, 2.05) is 60.0 Å². The Balaban J connectivity index is 1.44. The topological polar surface area (TPSA) is 51.2 Å². The van der Waals surface area contributed by atoms with E-state index in [4.69, 9.17) is 16.3 Å². The lowest BCUT2D eigenvalue weighted by Crippen LogP contribution is -2.11. The minimum atomic E-state index is -0.241. The van der Waals surface area contributed by atoms with Crippen molar-refractivity contribution in [1.29, 1.82) is 0 Å². The molecule has 0 spiro atoms. The van der Waals surface area contributed by atoms with Crippen LogP contribution in [0.5, 0.6) is 11.5 Å². The van der Waals surface area contributed by atoms with Crippen LogP contribution in [-0.2, 0) is 0 Å². The number of hydrogen-bond donors (Lipinski definition) is 1. The molecule has 0 fully saturated rings. The van der Waals surface area contributed by atoms with Gasteiger partial charge in [-0.1, -0.05) is 35.9 Å². The van der Waals surface area contributed by atoms with Gasteiger partial charge in [0.2, 0.25) is 0 Å². The number of rotatable bonds is 5. The van der Waals surface area contributed by atoms with Crippen LogP contribution in [0, 0.1) is 0 Å². The summed E-state index contributed by atoms with van der Waals surface area (Å²) in [6.45, 7) is 0. The largest absolute Gasteiger partial charge is 0.457 e. The first-order valence-corrected chi connectivity index (χ1v) is 9.79. The van der Waals surface area contributed by atoms with Gasteiger partial charge in [-0.3, -0.25) is 10.1 Å². The smallest absolute Gasteiger partial charge is 0.257 e. The first kappa shape index (κ1) is 18.2. The van der Waals surface area contributed by atoms with Gasteiger partial charge in [0.05, 0.1) is 5.69 Å². The van der Waals surface area contributed by atoms with Crippen LogP contribution in [0.2, 0.25) is 5.02 Å². The van der Waals surface area contributed by atoms with Crippen LogP contribution in [0.15, 0.2) is 84.2 Å². The van der Waals surface area contributed by atoms with Crippen LogP contribution in [-0.4, -0.2) is 10.9 Å². The van der Waals surface area contributed by atoms with E-state index >= 15 is 0 Å². The summed E-state index contributed by atoms with van der Waals surface area (Å²) in [5.74, 6) is 1.30. The van der Waals surface area contributed by atoms with Crippen LogP contribution < -0.4 is 10.1 Å². The maximum atomic E-state index is 12.3. The summed E-state index contributed by atoms with van der Waals surface area (Å²) in [7, 11) is 0. The molecule has 0 radical (unpaired) electrons. The second-order valence-electron chi connectivity index (χ2n) is 5.94. The molecule has 28 heavy (non-hydrogen) atoms. The molecule has 1 amide bonds. The summed E-state index contributed by atoms with van der Waals surface area (Å²) in [6, 6.07) is 24.1. The number of thiazole rings is 1. The van der Waals surface area contributed by atoms with Crippen molar-refractivity contribution in [3.63, 3.8) is 0 Å². The predicted octanol–water partition coefficient (Wildman–Crippen LogP) is 6.51. The highest BCUT2D eigenvalue weighted by molar-refractivity contribution is 7.14. The lowest BCUT2D eigenvalue weighted by Gasteiger charge is -2.06. The zero-order valence-corrected chi connectivity index (χ0v) is 16.2. The van der Waals surface area contributed by atoms with Gasteiger partial charge < -0.3 is 4.74 Å². The van der Waals surface area contributed by atoms with Crippen molar-refractivity contribution in [2.24, 2.45) is 0 Å². The number of para-hydroxylation sites is 1. The van der Waals surface area contributed by atoms with Crippen molar-refractivity contribution in [1.82, 2.24) is 4.98 Å². The van der Waals surface area contributed by atoms with Gasteiger partial charge in [-0.2, -0.15) is 0 Å². The van der Waals surface area contributed by atoms with Crippen molar-refractivity contribution >= 4 is 34.0 Å². The zero-order valence-electron chi connectivity index (χ0n) is 14.6. The van der Waals surface area contributed by atoms with Gasteiger partial charge in [-0.05, 0) is 54.6 Å². The van der Waals surface area contributed by atoms with E-state index in [1.54, 1.807) is 24.3 Å². The first-order valence-electron chi connectivity index (χ1n) is 8.53. The van der Waals surface area contributed by atoms with Gasteiger partial charge in [-0.25, -0.2) is 4.98 Å². The number of nitrogens with zero attached hydrogens (tertiary/aromatic N) is 1. The molecule has 4 nitrogen and oxygen atoms in total. The first-order chi connectivity index (χ1) is 13.7. The molecular weight excluding hydrogens is 392 g/mol. The molecule has 1 N–H and O–H groups in total. The van der Waals surface area contributed by atoms with E-state index in [0.717, 1.165) is 22.8 Å².